The highest BCUT2D eigenvalue weighted by molar-refractivity contribution is 7.99. The van der Waals surface area contributed by atoms with Gasteiger partial charge in [0.15, 0.2) is 5.16 Å². The molecule has 4 aliphatic carbocycles. The van der Waals surface area contributed by atoms with E-state index in [1.54, 1.807) is 6.92 Å². The van der Waals surface area contributed by atoms with Gasteiger partial charge in [0.1, 0.15) is 0 Å². The smallest absolute Gasteiger partial charge is 0.291 e. The molecule has 5 nitrogen and oxygen atoms in total. The molecule has 0 unspecified atom stereocenters. The molecule has 4 bridgehead atoms. The fraction of sp³-hybridized carbons (Fsp3) is 0.737. The average molecular weight is 397 g/mol. The van der Waals surface area contributed by atoms with Crippen LogP contribution in [0.4, 0.5) is 8.78 Å². The minimum Gasteiger partial charge on any atom is -0.351 e. The van der Waals surface area contributed by atoms with Gasteiger partial charge in [-0.3, -0.25) is 9.59 Å². The van der Waals surface area contributed by atoms with Crippen LogP contribution in [0.3, 0.4) is 0 Å². The van der Waals surface area contributed by atoms with E-state index in [9.17, 15) is 18.4 Å². The number of carbonyl (C=O) groups excluding carboxylic acids is 1. The first-order valence-corrected chi connectivity index (χ1v) is 10.6. The van der Waals surface area contributed by atoms with Crippen molar-refractivity contribution in [2.45, 2.75) is 74.7 Å². The summed E-state index contributed by atoms with van der Waals surface area (Å²) >= 11 is 0.217. The molecule has 0 spiro atoms. The quantitative estimate of drug-likeness (QED) is 0.570. The van der Waals surface area contributed by atoms with Crippen molar-refractivity contribution in [1.82, 2.24) is 15.3 Å². The number of aryl methyl sites for hydroxylation is 1. The molecule has 0 atom stereocenters. The first kappa shape index (κ1) is 18.9. The Bertz CT molecular complexity index is 760. The largest absolute Gasteiger partial charge is 0.351 e. The topological polar surface area (TPSA) is 74.8 Å². The van der Waals surface area contributed by atoms with Gasteiger partial charge in [0.05, 0.1) is 0 Å². The lowest BCUT2D eigenvalue weighted by molar-refractivity contribution is -0.126. The molecule has 1 heterocycles. The van der Waals surface area contributed by atoms with Crippen molar-refractivity contribution in [3.63, 3.8) is 0 Å². The second-order valence-electron chi connectivity index (χ2n) is 8.56. The van der Waals surface area contributed by atoms with Crippen LogP contribution in [0.2, 0.25) is 0 Å². The molecule has 8 heteroatoms. The number of rotatable bonds is 6. The molecule has 4 saturated carbocycles. The lowest BCUT2D eigenvalue weighted by atomic mass is 9.53. The zero-order valence-corrected chi connectivity index (χ0v) is 16.2. The second-order valence-corrected chi connectivity index (χ2v) is 9.54. The molecule has 148 valence electrons. The Labute approximate surface area is 161 Å². The summed E-state index contributed by atoms with van der Waals surface area (Å²) in [6, 6.07) is 0. The standard InChI is InChI=1S/C19H25F2N3O2S/c1-10-14(16(26)23-18(22-10)27-17(20)21)2-3-15(25)24-19-7-11-4-12(8-19)6-13(5-11)9-19/h11-13,17H,2-9H2,1H3,(H,24,25)(H,22,23,26). The molecule has 4 fully saturated rings. The predicted octanol–water partition coefficient (Wildman–Crippen LogP) is 3.41. The van der Waals surface area contributed by atoms with Crippen LogP contribution in [0, 0.1) is 24.7 Å². The van der Waals surface area contributed by atoms with Crippen LogP contribution in [-0.2, 0) is 11.2 Å². The van der Waals surface area contributed by atoms with Crippen LogP contribution in [0.5, 0.6) is 0 Å². The zero-order chi connectivity index (χ0) is 19.2. The van der Waals surface area contributed by atoms with Crippen molar-refractivity contribution in [2.75, 3.05) is 0 Å². The van der Waals surface area contributed by atoms with Crippen molar-refractivity contribution in [3.8, 4) is 0 Å². The molecule has 5 rings (SSSR count). The number of nitrogens with zero attached hydrogens (tertiary/aromatic N) is 1. The number of carbonyl (C=O) groups is 1. The third-order valence-electron chi connectivity index (χ3n) is 6.45. The van der Waals surface area contributed by atoms with Gasteiger partial charge in [0.25, 0.3) is 11.3 Å². The maximum atomic E-state index is 12.6. The highest BCUT2D eigenvalue weighted by atomic mass is 32.2. The molecule has 0 aromatic carbocycles. The summed E-state index contributed by atoms with van der Waals surface area (Å²) < 4.78 is 24.9. The van der Waals surface area contributed by atoms with E-state index in [-0.39, 0.29) is 41.2 Å². The summed E-state index contributed by atoms with van der Waals surface area (Å²) in [6.07, 6.45) is 7.71. The number of H-pyrrole nitrogens is 1. The normalized spacial score (nSPS) is 31.5. The van der Waals surface area contributed by atoms with Gasteiger partial charge in [-0.1, -0.05) is 0 Å². The van der Waals surface area contributed by atoms with E-state index in [4.69, 9.17) is 0 Å². The van der Waals surface area contributed by atoms with Gasteiger partial charge >= 0.3 is 0 Å². The Hall–Kier alpha value is -1.44. The number of thioether (sulfide) groups is 1. The number of aromatic amines is 1. The Morgan fingerprint density at radius 3 is 2.37 bits per heavy atom. The van der Waals surface area contributed by atoms with Crippen molar-refractivity contribution >= 4 is 17.7 Å². The van der Waals surface area contributed by atoms with E-state index in [2.05, 4.69) is 15.3 Å². The molecule has 2 N–H and O–H groups in total. The average Bonchev–Trinajstić information content (AvgIpc) is 2.51. The highest BCUT2D eigenvalue weighted by Crippen LogP contribution is 2.55. The lowest BCUT2D eigenvalue weighted by Crippen LogP contribution is -2.59. The first-order valence-electron chi connectivity index (χ1n) is 9.67. The zero-order valence-electron chi connectivity index (χ0n) is 15.4. The molecule has 27 heavy (non-hydrogen) atoms. The molecule has 1 amide bonds. The molecular weight excluding hydrogens is 372 g/mol. The minimum absolute atomic E-state index is 0.0261. The van der Waals surface area contributed by atoms with Gasteiger partial charge in [0, 0.05) is 23.2 Å². The van der Waals surface area contributed by atoms with Crippen LogP contribution in [0.25, 0.3) is 0 Å². The summed E-state index contributed by atoms with van der Waals surface area (Å²) in [5.74, 6) is -0.395. The van der Waals surface area contributed by atoms with Gasteiger partial charge in [0.2, 0.25) is 5.91 Å². The first-order chi connectivity index (χ1) is 12.8. The fourth-order valence-electron chi connectivity index (χ4n) is 5.88. The Morgan fingerprint density at radius 2 is 1.85 bits per heavy atom. The van der Waals surface area contributed by atoms with Crippen LogP contribution < -0.4 is 10.9 Å². The number of amides is 1. The number of hydrogen-bond donors (Lipinski definition) is 2. The van der Waals surface area contributed by atoms with E-state index < -0.39 is 11.3 Å². The maximum absolute atomic E-state index is 12.6. The Kier molecular flexibility index (Phi) is 5.03. The van der Waals surface area contributed by atoms with E-state index in [0.717, 1.165) is 37.0 Å². The number of alkyl halides is 2. The minimum atomic E-state index is -2.63. The molecular formula is C19H25F2N3O2S. The van der Waals surface area contributed by atoms with Gasteiger partial charge in [-0.2, -0.15) is 8.78 Å². The summed E-state index contributed by atoms with van der Waals surface area (Å²) in [5, 5.41) is 3.21. The van der Waals surface area contributed by atoms with E-state index >= 15 is 0 Å². The van der Waals surface area contributed by atoms with Crippen molar-refractivity contribution in [1.29, 1.82) is 0 Å². The van der Waals surface area contributed by atoms with Crippen molar-refractivity contribution < 1.29 is 13.6 Å². The third kappa shape index (κ3) is 4.05. The summed E-state index contributed by atoms with van der Waals surface area (Å²) in [6.45, 7) is 1.62. The summed E-state index contributed by atoms with van der Waals surface area (Å²) in [4.78, 5) is 31.2. The summed E-state index contributed by atoms with van der Waals surface area (Å²) in [5.41, 5.74) is 0.329. The van der Waals surface area contributed by atoms with E-state index in [0.29, 0.717) is 11.3 Å². The van der Waals surface area contributed by atoms with Gasteiger partial charge < -0.3 is 10.3 Å². The Morgan fingerprint density at radius 1 is 1.26 bits per heavy atom. The van der Waals surface area contributed by atoms with Crippen LogP contribution in [0.1, 0.15) is 56.2 Å². The highest BCUT2D eigenvalue weighted by Gasteiger charge is 2.51. The lowest BCUT2D eigenvalue weighted by Gasteiger charge is -2.56. The van der Waals surface area contributed by atoms with Crippen LogP contribution in [-0.4, -0.2) is 27.2 Å². The third-order valence-corrected chi connectivity index (χ3v) is 7.04. The molecule has 0 saturated heterocycles. The summed E-state index contributed by atoms with van der Waals surface area (Å²) in [7, 11) is 0. The molecule has 1 aromatic heterocycles. The number of aromatic nitrogens is 2. The fourth-order valence-corrected chi connectivity index (χ4v) is 6.39. The predicted molar refractivity (Wildman–Crippen MR) is 98.8 cm³/mol. The van der Waals surface area contributed by atoms with Crippen LogP contribution in [0.15, 0.2) is 9.95 Å². The van der Waals surface area contributed by atoms with Gasteiger partial charge in [-0.05, 0) is 81.4 Å². The number of nitrogens with one attached hydrogen (secondary N) is 2. The van der Waals surface area contributed by atoms with E-state index in [1.807, 2.05) is 0 Å². The number of halogens is 2. The monoisotopic (exact) mass is 397 g/mol. The molecule has 1 aromatic rings. The number of hydrogen-bond acceptors (Lipinski definition) is 4. The molecule has 0 aliphatic heterocycles. The maximum Gasteiger partial charge on any atom is 0.291 e. The molecule has 0 radical (unpaired) electrons. The van der Waals surface area contributed by atoms with Crippen molar-refractivity contribution in [3.05, 3.63) is 21.6 Å². The van der Waals surface area contributed by atoms with E-state index in [1.165, 1.54) is 19.3 Å². The van der Waals surface area contributed by atoms with Crippen molar-refractivity contribution in [2.24, 2.45) is 17.8 Å². The SMILES string of the molecule is Cc1nc(SC(F)F)[nH]c(=O)c1CCC(=O)NC12CC3CC(CC(C3)C1)C2. The van der Waals surface area contributed by atoms with Gasteiger partial charge in [-0.15, -0.1) is 0 Å². The second kappa shape index (κ2) is 7.18. The van der Waals surface area contributed by atoms with Crippen LogP contribution >= 0.6 is 11.8 Å². The molecule has 4 aliphatic rings. The Balaban J connectivity index is 1.38. The van der Waals surface area contributed by atoms with Gasteiger partial charge in [-0.25, -0.2) is 4.98 Å².